The Morgan fingerprint density at radius 3 is 2.71 bits per heavy atom. The Morgan fingerprint density at radius 1 is 1.10 bits per heavy atom. The molecule has 0 radical (unpaired) electrons. The molecule has 3 aromatic carbocycles. The van der Waals surface area contributed by atoms with Gasteiger partial charge in [-0.2, -0.15) is 0 Å². The lowest BCUT2D eigenvalue weighted by Crippen LogP contribution is -2.28. The normalized spacial score (nSPS) is 21.5. The fourth-order valence-corrected chi connectivity index (χ4v) is 4.56. The summed E-state index contributed by atoms with van der Waals surface area (Å²) < 4.78 is 0. The van der Waals surface area contributed by atoms with Crippen LogP contribution in [0.2, 0.25) is 0 Å². The van der Waals surface area contributed by atoms with E-state index in [1.165, 1.54) is 28.9 Å². The summed E-state index contributed by atoms with van der Waals surface area (Å²) in [5, 5.41) is 24.3. The number of fused-ring (bicyclic) bond motifs is 3. The number of nitrogens with zero attached hydrogens (tertiary/aromatic N) is 2. The summed E-state index contributed by atoms with van der Waals surface area (Å²) in [6.45, 7) is 0. The Bertz CT molecular complexity index is 1200. The minimum atomic E-state index is -0.609. The van der Waals surface area contributed by atoms with Gasteiger partial charge in [0, 0.05) is 23.9 Å². The lowest BCUT2D eigenvalue weighted by atomic mass is 9.77. The number of phenols is 1. The number of nitrogens with one attached hydrogen (secondary N) is 1. The average molecular weight is 411 g/mol. The van der Waals surface area contributed by atoms with Gasteiger partial charge in [-0.1, -0.05) is 42.5 Å². The second kappa shape index (κ2) is 7.72. The van der Waals surface area contributed by atoms with Gasteiger partial charge >= 0.3 is 5.69 Å². The van der Waals surface area contributed by atoms with Crippen molar-refractivity contribution in [1.29, 1.82) is 0 Å². The number of hydrogen-bond donors (Lipinski definition) is 2. The van der Waals surface area contributed by atoms with Crippen molar-refractivity contribution in [2.45, 2.75) is 18.4 Å². The Hall–Kier alpha value is -3.93. The molecule has 1 heterocycles. The van der Waals surface area contributed by atoms with Crippen molar-refractivity contribution in [2.24, 2.45) is 10.9 Å². The number of allylic oxidation sites excluding steroid dienone is 2. The molecule has 1 aliphatic carbocycles. The van der Waals surface area contributed by atoms with Crippen molar-refractivity contribution in [3.05, 3.63) is 106 Å². The number of aromatic hydroxyl groups is 1. The molecule has 0 fully saturated rings. The van der Waals surface area contributed by atoms with Crippen LogP contribution in [0.3, 0.4) is 0 Å². The lowest BCUT2D eigenvalue weighted by Gasteiger charge is -2.37. The Morgan fingerprint density at radius 2 is 1.90 bits per heavy atom. The van der Waals surface area contributed by atoms with E-state index in [1.807, 2.05) is 12.1 Å². The summed E-state index contributed by atoms with van der Waals surface area (Å²) in [5.41, 5.74) is 4.75. The first-order chi connectivity index (χ1) is 15.1. The van der Waals surface area contributed by atoms with Crippen LogP contribution in [0.25, 0.3) is 0 Å². The molecule has 0 bridgehead atoms. The third-order valence-corrected chi connectivity index (χ3v) is 6.08. The smallest absolute Gasteiger partial charge is 0.311 e. The van der Waals surface area contributed by atoms with Gasteiger partial charge in [-0.05, 0) is 59.4 Å². The second-order valence-electron chi connectivity index (χ2n) is 7.92. The van der Waals surface area contributed by atoms with E-state index in [0.717, 1.165) is 12.1 Å². The molecule has 5 rings (SSSR count). The quantitative estimate of drug-likeness (QED) is 0.243. The maximum absolute atomic E-state index is 11.0. The largest absolute Gasteiger partial charge is 0.502 e. The van der Waals surface area contributed by atoms with Crippen LogP contribution in [0.15, 0.2) is 83.9 Å². The van der Waals surface area contributed by atoms with Crippen LogP contribution in [-0.4, -0.2) is 16.2 Å². The fraction of sp³-hybridized carbons (Fsp3) is 0.160. The Kier molecular flexibility index (Phi) is 4.75. The van der Waals surface area contributed by atoms with E-state index in [2.05, 4.69) is 58.9 Å². The minimum absolute atomic E-state index is 0.229. The van der Waals surface area contributed by atoms with Gasteiger partial charge in [-0.15, -0.1) is 0 Å². The van der Waals surface area contributed by atoms with Crippen LogP contribution in [-0.2, 0) is 0 Å². The number of nitro benzene ring substituents is 1. The molecule has 0 amide bonds. The number of anilines is 1. The van der Waals surface area contributed by atoms with Crippen LogP contribution in [0.5, 0.6) is 5.75 Å². The third kappa shape index (κ3) is 3.57. The summed E-state index contributed by atoms with van der Waals surface area (Å²) in [6, 6.07) is 21.0. The van der Waals surface area contributed by atoms with E-state index in [9.17, 15) is 15.2 Å². The van der Waals surface area contributed by atoms with Gasteiger partial charge in [0.1, 0.15) is 0 Å². The molecule has 0 spiro atoms. The monoisotopic (exact) mass is 411 g/mol. The summed E-state index contributed by atoms with van der Waals surface area (Å²) in [7, 11) is 0. The third-order valence-electron chi connectivity index (χ3n) is 6.08. The maximum Gasteiger partial charge on any atom is 0.311 e. The SMILES string of the molecule is O=[N+]([O-])c1cc(C=Nc2ccc([C@@H]3Nc4ccccc4[C@@H]4C=CC[C@@H]43)cc2)ccc1O. The highest BCUT2D eigenvalue weighted by Gasteiger charge is 2.37. The molecular weight excluding hydrogens is 390 g/mol. The number of nitro groups is 1. The molecule has 6 heteroatoms. The van der Waals surface area contributed by atoms with E-state index in [4.69, 9.17) is 0 Å². The molecule has 154 valence electrons. The van der Waals surface area contributed by atoms with Crippen molar-refractivity contribution in [3.63, 3.8) is 0 Å². The summed E-state index contributed by atoms with van der Waals surface area (Å²) in [4.78, 5) is 14.8. The second-order valence-corrected chi connectivity index (χ2v) is 7.92. The highest BCUT2D eigenvalue weighted by molar-refractivity contribution is 5.83. The van der Waals surface area contributed by atoms with Gasteiger partial charge in [0.15, 0.2) is 5.75 Å². The first-order valence-corrected chi connectivity index (χ1v) is 10.2. The van der Waals surface area contributed by atoms with E-state index in [-0.39, 0.29) is 17.5 Å². The predicted octanol–water partition coefficient (Wildman–Crippen LogP) is 5.88. The Labute approximate surface area is 179 Å². The summed E-state index contributed by atoms with van der Waals surface area (Å²) in [5.74, 6) is 0.569. The molecule has 3 aromatic rings. The summed E-state index contributed by atoms with van der Waals surface area (Å²) in [6.07, 6.45) is 7.22. The van der Waals surface area contributed by atoms with E-state index < -0.39 is 4.92 Å². The first kappa shape index (κ1) is 19.1. The van der Waals surface area contributed by atoms with E-state index in [0.29, 0.717) is 17.4 Å². The van der Waals surface area contributed by atoms with E-state index in [1.54, 1.807) is 12.3 Å². The molecule has 2 aliphatic rings. The van der Waals surface area contributed by atoms with Crippen molar-refractivity contribution in [2.75, 3.05) is 5.32 Å². The molecule has 2 N–H and O–H groups in total. The average Bonchev–Trinajstić information content (AvgIpc) is 3.28. The molecule has 0 unspecified atom stereocenters. The first-order valence-electron chi connectivity index (χ1n) is 10.2. The van der Waals surface area contributed by atoms with Gasteiger partial charge < -0.3 is 10.4 Å². The van der Waals surface area contributed by atoms with Gasteiger partial charge in [0.2, 0.25) is 0 Å². The molecule has 31 heavy (non-hydrogen) atoms. The molecule has 0 aromatic heterocycles. The Balaban J connectivity index is 1.37. The predicted molar refractivity (Wildman–Crippen MR) is 121 cm³/mol. The molecule has 1 aliphatic heterocycles. The molecule has 0 saturated heterocycles. The standard InChI is InChI=1S/C25H21N3O3/c29-24-13-8-16(14-23(24)28(30)31)15-26-18-11-9-17(10-12-18)25-21-6-3-5-19(21)20-4-1-2-7-22(20)27-25/h1-5,7-15,19,21,25,27,29H,6H2/t19-,21-,25-/m0/s1. The number of aliphatic imine (C=N–C) groups is 1. The van der Waals surface area contributed by atoms with Gasteiger partial charge in [0.05, 0.1) is 16.7 Å². The van der Waals surface area contributed by atoms with Crippen molar-refractivity contribution in [3.8, 4) is 5.75 Å². The van der Waals surface area contributed by atoms with Crippen LogP contribution in [0.1, 0.15) is 35.1 Å². The highest BCUT2D eigenvalue weighted by atomic mass is 16.6. The van der Waals surface area contributed by atoms with Crippen molar-refractivity contribution in [1.82, 2.24) is 0 Å². The van der Waals surface area contributed by atoms with Gasteiger partial charge in [-0.25, -0.2) is 0 Å². The van der Waals surface area contributed by atoms with E-state index >= 15 is 0 Å². The van der Waals surface area contributed by atoms with Crippen molar-refractivity contribution < 1.29 is 10.0 Å². The van der Waals surface area contributed by atoms with Gasteiger partial charge in [-0.3, -0.25) is 15.1 Å². The molecule has 0 saturated carbocycles. The van der Waals surface area contributed by atoms with Crippen LogP contribution in [0.4, 0.5) is 17.1 Å². The zero-order valence-electron chi connectivity index (χ0n) is 16.7. The number of rotatable bonds is 4. The number of hydrogen-bond acceptors (Lipinski definition) is 5. The summed E-state index contributed by atoms with van der Waals surface area (Å²) >= 11 is 0. The molecule has 6 nitrogen and oxygen atoms in total. The van der Waals surface area contributed by atoms with Crippen molar-refractivity contribution >= 4 is 23.3 Å². The number of para-hydroxylation sites is 1. The van der Waals surface area contributed by atoms with Crippen LogP contribution >= 0.6 is 0 Å². The number of phenolic OH excluding ortho intramolecular Hbond substituents is 1. The fourth-order valence-electron chi connectivity index (χ4n) is 4.56. The zero-order chi connectivity index (χ0) is 21.4. The molecule has 3 atom stereocenters. The van der Waals surface area contributed by atoms with Crippen LogP contribution in [0, 0.1) is 16.0 Å². The minimum Gasteiger partial charge on any atom is -0.502 e. The van der Waals surface area contributed by atoms with Crippen LogP contribution < -0.4 is 5.32 Å². The topological polar surface area (TPSA) is 87.8 Å². The lowest BCUT2D eigenvalue weighted by molar-refractivity contribution is -0.385. The maximum atomic E-state index is 11.0. The number of benzene rings is 3. The zero-order valence-corrected chi connectivity index (χ0v) is 16.7. The van der Waals surface area contributed by atoms with Gasteiger partial charge in [0.25, 0.3) is 0 Å². The molecular formula is C25H21N3O3. The highest BCUT2D eigenvalue weighted by Crippen LogP contribution is 2.49.